The molecule has 17 heavy (non-hydrogen) atoms. The van der Waals surface area contributed by atoms with Gasteiger partial charge in [0.15, 0.2) is 10.8 Å². The van der Waals surface area contributed by atoms with Gasteiger partial charge in [-0.2, -0.15) is 0 Å². The molecule has 1 aromatic rings. The van der Waals surface area contributed by atoms with Crippen LogP contribution in [0, 0.1) is 16.6 Å². The number of nitrogens with one attached hydrogen (secondary N) is 2. The van der Waals surface area contributed by atoms with E-state index in [1.54, 1.807) is 0 Å². The van der Waals surface area contributed by atoms with Gasteiger partial charge in [0.25, 0.3) is 0 Å². The van der Waals surface area contributed by atoms with Gasteiger partial charge in [0.1, 0.15) is 10.7 Å². The Morgan fingerprint density at radius 3 is 2.24 bits per heavy atom. The molecule has 1 rings (SSSR count). The number of aliphatic carboxylic acids is 1. The van der Waals surface area contributed by atoms with E-state index < -0.39 is 38.0 Å². The fourth-order valence-corrected chi connectivity index (χ4v) is 2.23. The second kappa shape index (κ2) is 4.62. The summed E-state index contributed by atoms with van der Waals surface area (Å²) < 4.78 is 32.5. The lowest BCUT2D eigenvalue weighted by Crippen LogP contribution is -2.27. The highest BCUT2D eigenvalue weighted by Gasteiger charge is 2.31. The van der Waals surface area contributed by atoms with Gasteiger partial charge in [0, 0.05) is 0 Å². The quantitative estimate of drug-likeness (QED) is 0.421. The largest absolute Gasteiger partial charge is 0.476 e. The summed E-state index contributed by atoms with van der Waals surface area (Å²) in [6.45, 7) is 0. The molecule has 0 aliphatic rings. The third-order valence-electron chi connectivity index (χ3n) is 1.87. The van der Waals surface area contributed by atoms with Crippen LogP contribution in [-0.4, -0.2) is 30.9 Å². The summed E-state index contributed by atoms with van der Waals surface area (Å²) in [6, 6.07) is 4.58. The van der Waals surface area contributed by atoms with Gasteiger partial charge in [0.05, 0.1) is 0 Å². The number of carbonyl (C=O) groups is 1. The Morgan fingerprint density at radius 2 is 1.76 bits per heavy atom. The molecule has 0 bridgehead atoms. The summed E-state index contributed by atoms with van der Waals surface area (Å²) in [5.41, 5.74) is -1.28. The molecular formula is C9H9FN2O4S. The normalized spacial score (nSPS) is 11.9. The Bertz CT molecular complexity index is 504. The maximum Gasteiger partial charge on any atom is 0.357 e. The van der Waals surface area contributed by atoms with E-state index in [2.05, 4.69) is 0 Å². The summed E-state index contributed by atoms with van der Waals surface area (Å²) >= 11 is 0. The van der Waals surface area contributed by atoms with E-state index in [0.717, 1.165) is 12.1 Å². The second-order valence-electron chi connectivity index (χ2n) is 2.99. The molecule has 0 heterocycles. The van der Waals surface area contributed by atoms with Gasteiger partial charge in [0.2, 0.25) is 0 Å². The Balaban J connectivity index is 3.20. The van der Waals surface area contributed by atoms with E-state index >= 15 is 0 Å². The molecular weight excluding hydrogens is 251 g/mol. The number of halogens is 1. The molecule has 0 unspecified atom stereocenters. The topological polar surface area (TPSA) is 125 Å². The van der Waals surface area contributed by atoms with Crippen molar-refractivity contribution in [2.24, 2.45) is 0 Å². The molecule has 5 N–H and O–H groups in total. The maximum atomic E-state index is 13.3. The number of hydrogen-bond donors (Lipinski definition) is 5. The lowest BCUT2D eigenvalue weighted by atomic mass is 10.3. The number of hydrogen-bond acceptors (Lipinski definition) is 5. The molecule has 0 atom stereocenters. The van der Waals surface area contributed by atoms with Crippen LogP contribution >= 0.6 is 10.6 Å². The van der Waals surface area contributed by atoms with Crippen molar-refractivity contribution >= 4 is 27.3 Å². The predicted octanol–water partition coefficient (Wildman–Crippen LogP) is 2.02. The van der Waals surface area contributed by atoms with Gasteiger partial charge in [-0.3, -0.25) is 19.9 Å². The minimum absolute atomic E-state index is 0.601. The van der Waals surface area contributed by atoms with Crippen molar-refractivity contribution in [3.8, 4) is 0 Å². The van der Waals surface area contributed by atoms with Gasteiger partial charge in [-0.1, -0.05) is 12.1 Å². The van der Waals surface area contributed by atoms with Crippen molar-refractivity contribution in [1.82, 2.24) is 0 Å². The SMILES string of the molecule is N=C(C(=N)S(O)(O)c1ccccc1F)C(=O)O. The van der Waals surface area contributed by atoms with E-state index in [1.165, 1.54) is 12.1 Å². The summed E-state index contributed by atoms with van der Waals surface area (Å²) in [4.78, 5) is 9.83. The third-order valence-corrected chi connectivity index (χ3v) is 3.59. The van der Waals surface area contributed by atoms with Crippen molar-refractivity contribution in [2.45, 2.75) is 4.90 Å². The Kier molecular flexibility index (Phi) is 3.61. The summed E-state index contributed by atoms with van der Waals surface area (Å²) in [5, 5.41) is 21.4. The molecule has 0 aliphatic heterocycles. The fourth-order valence-electron chi connectivity index (χ4n) is 1.02. The van der Waals surface area contributed by atoms with E-state index in [4.69, 9.17) is 15.9 Å². The molecule has 0 saturated heterocycles. The summed E-state index contributed by atoms with van der Waals surface area (Å²) in [7, 11) is -4.11. The number of carboxylic acid groups (broad SMARTS) is 1. The highest BCUT2D eigenvalue weighted by atomic mass is 32.3. The zero-order valence-corrected chi connectivity index (χ0v) is 9.16. The number of rotatable bonds is 3. The molecule has 0 aromatic heterocycles. The van der Waals surface area contributed by atoms with Crippen molar-refractivity contribution < 1.29 is 23.4 Å². The molecule has 6 nitrogen and oxygen atoms in total. The predicted molar refractivity (Wildman–Crippen MR) is 60.6 cm³/mol. The highest BCUT2D eigenvalue weighted by molar-refractivity contribution is 8.38. The van der Waals surface area contributed by atoms with Gasteiger partial charge in [-0.05, 0) is 12.1 Å². The summed E-state index contributed by atoms with van der Waals surface area (Å²) in [5.74, 6) is -2.76. The van der Waals surface area contributed by atoms with Crippen LogP contribution in [0.3, 0.4) is 0 Å². The first-order chi connectivity index (χ1) is 7.78. The number of carboxylic acids is 1. The Labute approximate surface area is 97.1 Å². The maximum absolute atomic E-state index is 13.3. The molecule has 0 aliphatic carbocycles. The highest BCUT2D eigenvalue weighted by Crippen LogP contribution is 2.50. The average Bonchev–Trinajstić information content (AvgIpc) is 2.27. The summed E-state index contributed by atoms with van der Waals surface area (Å²) in [6.07, 6.45) is 0. The first-order valence-corrected chi connectivity index (χ1v) is 5.76. The second-order valence-corrected chi connectivity index (χ2v) is 4.93. The smallest absolute Gasteiger partial charge is 0.357 e. The van der Waals surface area contributed by atoms with Crippen molar-refractivity contribution in [3.63, 3.8) is 0 Å². The van der Waals surface area contributed by atoms with Gasteiger partial charge >= 0.3 is 5.97 Å². The molecule has 0 spiro atoms. The van der Waals surface area contributed by atoms with E-state index in [9.17, 15) is 18.3 Å². The number of benzene rings is 1. The first kappa shape index (κ1) is 13.3. The van der Waals surface area contributed by atoms with Crippen LogP contribution in [0.25, 0.3) is 0 Å². The van der Waals surface area contributed by atoms with Gasteiger partial charge < -0.3 is 5.11 Å². The van der Waals surface area contributed by atoms with Crippen LogP contribution in [0.5, 0.6) is 0 Å². The standard InChI is InChI=1S/C9H9FN2O4S/c10-5-3-1-2-4-6(5)17(15,16)8(12)7(11)9(13)14/h1-4,11-12,15-16H,(H,13,14). The molecule has 0 saturated carbocycles. The Hall–Kier alpha value is -1.77. The fraction of sp³-hybridized carbons (Fsp3) is 0. The van der Waals surface area contributed by atoms with Crippen LogP contribution < -0.4 is 0 Å². The van der Waals surface area contributed by atoms with E-state index in [1.807, 2.05) is 0 Å². The van der Waals surface area contributed by atoms with Crippen molar-refractivity contribution in [2.75, 3.05) is 0 Å². The van der Waals surface area contributed by atoms with Crippen LogP contribution in [-0.2, 0) is 4.79 Å². The van der Waals surface area contributed by atoms with Gasteiger partial charge in [-0.15, -0.1) is 10.6 Å². The van der Waals surface area contributed by atoms with E-state index in [0.29, 0.717) is 0 Å². The molecule has 0 amide bonds. The van der Waals surface area contributed by atoms with Gasteiger partial charge in [-0.25, -0.2) is 9.18 Å². The Morgan fingerprint density at radius 1 is 1.24 bits per heavy atom. The molecule has 1 aromatic carbocycles. The average molecular weight is 260 g/mol. The first-order valence-electron chi connectivity index (χ1n) is 4.22. The lowest BCUT2D eigenvalue weighted by Gasteiger charge is -2.31. The van der Waals surface area contributed by atoms with Crippen LogP contribution in [0.15, 0.2) is 29.2 Å². The van der Waals surface area contributed by atoms with Crippen LogP contribution in [0.2, 0.25) is 0 Å². The van der Waals surface area contributed by atoms with E-state index in [-0.39, 0.29) is 0 Å². The van der Waals surface area contributed by atoms with Crippen molar-refractivity contribution in [1.29, 1.82) is 10.8 Å². The van der Waals surface area contributed by atoms with Crippen LogP contribution in [0.1, 0.15) is 0 Å². The molecule has 0 radical (unpaired) electrons. The molecule has 8 heteroatoms. The lowest BCUT2D eigenvalue weighted by molar-refractivity contribution is -0.129. The zero-order chi connectivity index (χ0) is 13.2. The molecule has 92 valence electrons. The monoisotopic (exact) mass is 260 g/mol. The zero-order valence-electron chi connectivity index (χ0n) is 8.35. The minimum Gasteiger partial charge on any atom is -0.476 e. The van der Waals surface area contributed by atoms with Crippen molar-refractivity contribution in [3.05, 3.63) is 30.1 Å². The molecule has 0 fully saturated rings. The third kappa shape index (κ3) is 2.49. The minimum atomic E-state index is -4.11. The van der Waals surface area contributed by atoms with Crippen LogP contribution in [0.4, 0.5) is 4.39 Å².